The average Bonchev–Trinajstić information content (AvgIpc) is 3.85. The number of imide groups is 1. The van der Waals surface area contributed by atoms with Crippen molar-refractivity contribution in [3.05, 3.63) is 115 Å². The molecule has 1 unspecified atom stereocenters. The van der Waals surface area contributed by atoms with Crippen molar-refractivity contribution in [1.29, 1.82) is 0 Å². The number of ether oxygens (including phenoxy) is 1. The molecule has 1 fully saturated rings. The lowest BCUT2D eigenvalue weighted by Gasteiger charge is -2.24. The first-order valence-corrected chi connectivity index (χ1v) is 19.2. The van der Waals surface area contributed by atoms with E-state index < -0.39 is 11.9 Å². The van der Waals surface area contributed by atoms with Crippen molar-refractivity contribution < 1.29 is 14.3 Å². The molecule has 0 saturated carbocycles. The number of nitrogens with zero attached hydrogens (tertiary/aromatic N) is 8. The summed E-state index contributed by atoms with van der Waals surface area (Å²) in [7, 11) is 0. The first kappa shape index (κ1) is 36.1. The number of aryl methyl sites for hydroxylation is 3. The molecule has 6 heterocycles. The standard InChI is InChI=1S/C40H36ClN9O4S/c1-22-32(55-40-34(22)36(27-11-13-28(41)14-12-27)43-23(2)37-47-46-25(4)50(37)40)16-10-26-20-42-48(21-26)18-5-6-19-54-31-9-7-8-29-35(31)39(53)49(24(3)44-29)30-15-17-33(51)45-38(30)52/h7-9,11-14,20-21,23,30H,5-6,15,17-19H2,1-4H3,(H,45,51,52)/t23-,30?/m0/s1. The maximum absolute atomic E-state index is 13.7. The zero-order valence-corrected chi connectivity index (χ0v) is 32.2. The molecule has 278 valence electrons. The third-order valence-corrected chi connectivity index (χ3v) is 11.3. The lowest BCUT2D eigenvalue weighted by molar-refractivity contribution is -0.135. The van der Waals surface area contributed by atoms with Crippen molar-refractivity contribution in [2.24, 2.45) is 4.99 Å². The van der Waals surface area contributed by atoms with E-state index in [0.29, 0.717) is 47.1 Å². The quantitative estimate of drug-likeness (QED) is 0.113. The minimum absolute atomic E-state index is 0.159. The number of hydrogen-bond acceptors (Lipinski definition) is 10. The van der Waals surface area contributed by atoms with Crippen LogP contribution in [0, 0.1) is 32.6 Å². The van der Waals surface area contributed by atoms with Gasteiger partial charge in [-0.1, -0.05) is 41.6 Å². The molecule has 2 atom stereocenters. The number of nitrogens with one attached hydrogen (secondary N) is 1. The Kier molecular flexibility index (Phi) is 9.66. The summed E-state index contributed by atoms with van der Waals surface area (Å²) in [6, 6.07) is 12.0. The van der Waals surface area contributed by atoms with Gasteiger partial charge in [-0.2, -0.15) is 5.10 Å². The van der Waals surface area contributed by atoms with E-state index >= 15 is 0 Å². The third-order valence-electron chi connectivity index (χ3n) is 9.81. The molecule has 0 radical (unpaired) electrons. The molecule has 1 N–H and O–H groups in total. The maximum atomic E-state index is 13.7. The fraction of sp³-hybridized carbons (Fsp3) is 0.300. The normalized spacial score (nSPS) is 16.5. The molecule has 13 nitrogen and oxygen atoms in total. The number of thiophene rings is 1. The number of piperidine rings is 1. The number of aliphatic imine (C=N–C) groups is 1. The van der Waals surface area contributed by atoms with Crippen molar-refractivity contribution in [3.8, 4) is 22.6 Å². The van der Waals surface area contributed by atoms with Crippen LogP contribution in [-0.4, -0.2) is 58.2 Å². The summed E-state index contributed by atoms with van der Waals surface area (Å²) in [5.41, 5.74) is 4.82. The summed E-state index contributed by atoms with van der Waals surface area (Å²) in [5.74, 6) is 8.25. The van der Waals surface area contributed by atoms with Gasteiger partial charge in [0.1, 0.15) is 39.9 Å². The number of unbranched alkanes of at least 4 members (excludes halogenated alkanes) is 1. The Hall–Kier alpha value is -5.91. The zero-order chi connectivity index (χ0) is 38.4. The second-order valence-electron chi connectivity index (χ2n) is 13.6. The van der Waals surface area contributed by atoms with Gasteiger partial charge in [-0.3, -0.25) is 38.5 Å². The van der Waals surface area contributed by atoms with Gasteiger partial charge in [0, 0.05) is 35.3 Å². The Morgan fingerprint density at radius 1 is 1.02 bits per heavy atom. The minimum atomic E-state index is -0.804. The number of amides is 2. The molecule has 0 bridgehead atoms. The number of carbonyl (C=O) groups excluding carboxylic acids is 2. The molecule has 2 aliphatic rings. The average molecular weight is 774 g/mol. The van der Waals surface area contributed by atoms with Crippen LogP contribution in [0.1, 0.15) is 89.3 Å². The SMILES string of the molecule is Cc1c(C#Cc2cnn(CCCCOc3cccc4nc(C)n(C5CCC(=O)NC5=O)c(=O)c34)c2)sc2c1C(c1ccc(Cl)cc1)=N[C@@H](C)c1nnc(C)n1-2. The Morgan fingerprint density at radius 2 is 1.84 bits per heavy atom. The van der Waals surface area contributed by atoms with E-state index in [1.165, 1.54) is 4.57 Å². The molecule has 8 rings (SSSR count). The molecular weight excluding hydrogens is 738 g/mol. The van der Waals surface area contributed by atoms with E-state index in [4.69, 9.17) is 21.3 Å². The fourth-order valence-electron chi connectivity index (χ4n) is 7.07. The molecule has 0 aliphatic carbocycles. The predicted molar refractivity (Wildman–Crippen MR) is 209 cm³/mol. The van der Waals surface area contributed by atoms with E-state index in [1.54, 1.807) is 42.7 Å². The number of fused-ring (bicyclic) bond motifs is 4. The lowest BCUT2D eigenvalue weighted by atomic mass is 9.99. The summed E-state index contributed by atoms with van der Waals surface area (Å²) in [4.78, 5) is 48.6. The first-order chi connectivity index (χ1) is 26.6. The summed E-state index contributed by atoms with van der Waals surface area (Å²) < 4.78 is 11.4. The maximum Gasteiger partial charge on any atom is 0.265 e. The van der Waals surface area contributed by atoms with Gasteiger partial charge in [-0.25, -0.2) is 4.98 Å². The van der Waals surface area contributed by atoms with Crippen LogP contribution >= 0.6 is 22.9 Å². The van der Waals surface area contributed by atoms with Crippen LogP contribution in [0.3, 0.4) is 0 Å². The Morgan fingerprint density at radius 3 is 2.64 bits per heavy atom. The highest BCUT2D eigenvalue weighted by molar-refractivity contribution is 7.15. The van der Waals surface area contributed by atoms with E-state index in [-0.39, 0.29) is 30.3 Å². The highest BCUT2D eigenvalue weighted by Gasteiger charge is 2.32. The van der Waals surface area contributed by atoms with Gasteiger partial charge in [0.2, 0.25) is 11.8 Å². The van der Waals surface area contributed by atoms with Gasteiger partial charge in [0.05, 0.1) is 34.5 Å². The summed E-state index contributed by atoms with van der Waals surface area (Å²) in [6.07, 6.45) is 5.58. The number of halogens is 1. The smallest absolute Gasteiger partial charge is 0.265 e. The topological polar surface area (TPSA) is 151 Å². The van der Waals surface area contributed by atoms with Crippen LogP contribution in [0.25, 0.3) is 15.9 Å². The van der Waals surface area contributed by atoms with Crippen LogP contribution in [-0.2, 0) is 16.1 Å². The summed E-state index contributed by atoms with van der Waals surface area (Å²) in [5, 5.41) is 17.7. The summed E-state index contributed by atoms with van der Waals surface area (Å²) >= 11 is 7.83. The molecule has 55 heavy (non-hydrogen) atoms. The number of hydrogen-bond donors (Lipinski definition) is 1. The Balaban J connectivity index is 0.951. The van der Waals surface area contributed by atoms with Crippen molar-refractivity contribution in [2.45, 2.75) is 72.0 Å². The molecule has 4 aromatic heterocycles. The molecule has 0 spiro atoms. The van der Waals surface area contributed by atoms with Gasteiger partial charge in [0.25, 0.3) is 5.56 Å². The van der Waals surface area contributed by atoms with Gasteiger partial charge in [-0.05, 0) is 76.8 Å². The molecule has 2 aromatic carbocycles. The largest absolute Gasteiger partial charge is 0.493 e. The van der Waals surface area contributed by atoms with Crippen LogP contribution < -0.4 is 15.6 Å². The van der Waals surface area contributed by atoms with Crippen molar-refractivity contribution in [1.82, 2.24) is 39.4 Å². The monoisotopic (exact) mass is 773 g/mol. The number of carbonyl (C=O) groups is 2. The third kappa shape index (κ3) is 6.85. The van der Waals surface area contributed by atoms with Crippen molar-refractivity contribution in [2.75, 3.05) is 6.61 Å². The van der Waals surface area contributed by atoms with Gasteiger partial charge >= 0.3 is 0 Å². The molecule has 1 saturated heterocycles. The number of rotatable bonds is 8. The molecule has 6 aromatic rings. The fourth-order valence-corrected chi connectivity index (χ4v) is 8.42. The van der Waals surface area contributed by atoms with Gasteiger partial charge < -0.3 is 4.74 Å². The predicted octanol–water partition coefficient (Wildman–Crippen LogP) is 5.96. The van der Waals surface area contributed by atoms with Crippen molar-refractivity contribution in [3.63, 3.8) is 0 Å². The van der Waals surface area contributed by atoms with Crippen LogP contribution in [0.15, 0.2) is 64.6 Å². The van der Waals surface area contributed by atoms with Gasteiger partial charge in [-0.15, -0.1) is 21.5 Å². The van der Waals surface area contributed by atoms with Gasteiger partial charge in [0.15, 0.2) is 5.82 Å². The van der Waals surface area contributed by atoms with E-state index in [2.05, 4.69) is 48.9 Å². The lowest BCUT2D eigenvalue weighted by Crippen LogP contribution is -2.45. The second-order valence-corrected chi connectivity index (χ2v) is 15.0. The number of benzene rings is 2. The van der Waals surface area contributed by atoms with Crippen LogP contribution in [0.4, 0.5) is 0 Å². The Labute approximate surface area is 325 Å². The minimum Gasteiger partial charge on any atom is -0.493 e. The Bertz CT molecular complexity index is 2660. The first-order valence-electron chi connectivity index (χ1n) is 18.0. The van der Waals surface area contributed by atoms with E-state index in [0.717, 1.165) is 55.9 Å². The molecule has 15 heteroatoms. The molecule has 2 aliphatic heterocycles. The highest BCUT2D eigenvalue weighted by atomic mass is 35.5. The highest BCUT2D eigenvalue weighted by Crippen LogP contribution is 2.39. The summed E-state index contributed by atoms with van der Waals surface area (Å²) in [6.45, 7) is 8.77. The zero-order valence-electron chi connectivity index (χ0n) is 30.6. The molecular formula is C40H36ClN9O4S. The van der Waals surface area contributed by atoms with E-state index in [1.807, 2.05) is 49.0 Å². The molecule has 2 amide bonds. The van der Waals surface area contributed by atoms with Crippen LogP contribution in [0.5, 0.6) is 5.75 Å². The van der Waals surface area contributed by atoms with Crippen molar-refractivity contribution >= 4 is 51.4 Å². The number of aromatic nitrogens is 7. The second kappa shape index (κ2) is 14.7. The van der Waals surface area contributed by atoms with E-state index in [9.17, 15) is 14.4 Å². The van der Waals surface area contributed by atoms with Crippen LogP contribution in [0.2, 0.25) is 5.02 Å².